The summed E-state index contributed by atoms with van der Waals surface area (Å²) in [7, 11) is -3.59. The molecular formula is C14H19IN2O4S. The van der Waals surface area contributed by atoms with E-state index < -0.39 is 20.7 Å². The van der Waals surface area contributed by atoms with Crippen molar-refractivity contribution in [2.45, 2.75) is 43.4 Å². The molecule has 0 saturated carbocycles. The van der Waals surface area contributed by atoms with Crippen molar-refractivity contribution in [2.75, 3.05) is 6.61 Å². The van der Waals surface area contributed by atoms with E-state index in [1.807, 2.05) is 0 Å². The highest BCUT2D eigenvalue weighted by Crippen LogP contribution is 2.34. The Labute approximate surface area is 143 Å². The van der Waals surface area contributed by atoms with Gasteiger partial charge in [-0.1, -0.05) is 0 Å². The van der Waals surface area contributed by atoms with Gasteiger partial charge in [0.2, 0.25) is 0 Å². The van der Waals surface area contributed by atoms with E-state index in [4.69, 9.17) is 4.74 Å². The smallest absolute Gasteiger partial charge is 0.187 e. The second-order valence-corrected chi connectivity index (χ2v) is 9.93. The van der Waals surface area contributed by atoms with Gasteiger partial charge in [0.25, 0.3) is 0 Å². The van der Waals surface area contributed by atoms with Gasteiger partial charge in [-0.25, -0.2) is 12.9 Å². The molecule has 0 spiro atoms. The minimum absolute atomic E-state index is 0.0104. The third-order valence-electron chi connectivity index (χ3n) is 3.11. The Morgan fingerprint density at radius 3 is 2.64 bits per heavy atom. The Hall–Kier alpha value is -0.870. The molecule has 0 fully saturated rings. The lowest BCUT2D eigenvalue weighted by Gasteiger charge is -2.22. The minimum Gasteiger partial charge on any atom is -0.488 e. The molecule has 1 N–H and O–H groups in total. The molecule has 6 nitrogen and oxygen atoms in total. The van der Waals surface area contributed by atoms with Crippen LogP contribution in [-0.4, -0.2) is 40.6 Å². The van der Waals surface area contributed by atoms with Gasteiger partial charge in [0.15, 0.2) is 15.6 Å². The number of ether oxygens (including phenoxy) is 1. The monoisotopic (exact) mass is 438 g/mol. The van der Waals surface area contributed by atoms with Gasteiger partial charge in [-0.05, 0) is 56.4 Å². The summed E-state index contributed by atoms with van der Waals surface area (Å²) in [5.41, 5.74) is 0.702. The third kappa shape index (κ3) is 3.23. The second kappa shape index (κ2) is 5.97. The van der Waals surface area contributed by atoms with Crippen LogP contribution in [0.3, 0.4) is 0 Å². The highest BCUT2D eigenvalue weighted by molar-refractivity contribution is 14.1. The van der Waals surface area contributed by atoms with E-state index in [1.165, 1.54) is 0 Å². The van der Waals surface area contributed by atoms with Crippen LogP contribution in [0.15, 0.2) is 23.4 Å². The van der Waals surface area contributed by atoms with Crippen molar-refractivity contribution >= 4 is 37.9 Å². The second-order valence-electron chi connectivity index (χ2n) is 6.10. The molecule has 22 heavy (non-hydrogen) atoms. The van der Waals surface area contributed by atoms with Crippen molar-refractivity contribution in [1.82, 2.24) is 9.61 Å². The number of hydrogen-bond donors (Lipinski definition) is 1. The van der Waals surface area contributed by atoms with Crippen molar-refractivity contribution in [3.63, 3.8) is 0 Å². The van der Waals surface area contributed by atoms with Crippen LogP contribution in [0.4, 0.5) is 0 Å². The SMILES string of the molecule is CC(O)COc1cn2ncc(I)c2cc1S(=O)(=O)C(C)(C)C. The first-order valence-corrected chi connectivity index (χ1v) is 9.32. The predicted molar refractivity (Wildman–Crippen MR) is 92.0 cm³/mol. The molecule has 0 radical (unpaired) electrons. The Morgan fingerprint density at radius 1 is 1.45 bits per heavy atom. The lowest BCUT2D eigenvalue weighted by molar-refractivity contribution is 0.120. The maximum absolute atomic E-state index is 12.8. The van der Waals surface area contributed by atoms with Crippen molar-refractivity contribution in [2.24, 2.45) is 0 Å². The lowest BCUT2D eigenvalue weighted by atomic mass is 10.3. The van der Waals surface area contributed by atoms with E-state index >= 15 is 0 Å². The molecule has 0 aliphatic rings. The summed E-state index contributed by atoms with van der Waals surface area (Å²) in [5.74, 6) is 0.197. The topological polar surface area (TPSA) is 80.9 Å². The van der Waals surface area contributed by atoms with Gasteiger partial charge in [-0.15, -0.1) is 0 Å². The molecule has 0 amide bonds. The average Bonchev–Trinajstić information content (AvgIpc) is 2.75. The van der Waals surface area contributed by atoms with Gasteiger partial charge in [-0.2, -0.15) is 5.10 Å². The molecule has 0 aliphatic heterocycles. The highest BCUT2D eigenvalue weighted by atomic mass is 127. The van der Waals surface area contributed by atoms with Gasteiger partial charge in [0.1, 0.15) is 11.5 Å². The van der Waals surface area contributed by atoms with E-state index in [-0.39, 0.29) is 17.3 Å². The first kappa shape index (κ1) is 17.5. The Kier molecular flexibility index (Phi) is 4.74. The molecule has 0 aliphatic carbocycles. The number of hydrogen-bond acceptors (Lipinski definition) is 5. The maximum atomic E-state index is 12.8. The van der Waals surface area contributed by atoms with Crippen LogP contribution in [0.1, 0.15) is 27.7 Å². The van der Waals surface area contributed by atoms with E-state index in [0.29, 0.717) is 5.52 Å². The largest absolute Gasteiger partial charge is 0.488 e. The van der Waals surface area contributed by atoms with Gasteiger partial charge < -0.3 is 9.84 Å². The van der Waals surface area contributed by atoms with Gasteiger partial charge in [0.05, 0.1) is 32.3 Å². The molecule has 2 rings (SSSR count). The van der Waals surface area contributed by atoms with Crippen LogP contribution in [0.5, 0.6) is 5.75 Å². The number of aliphatic hydroxyl groups is 1. The number of rotatable bonds is 4. The molecule has 0 aromatic carbocycles. The summed E-state index contributed by atoms with van der Waals surface area (Å²) >= 11 is 2.10. The van der Waals surface area contributed by atoms with Gasteiger partial charge in [0, 0.05) is 0 Å². The molecular weight excluding hydrogens is 419 g/mol. The Morgan fingerprint density at radius 2 is 2.09 bits per heavy atom. The summed E-state index contributed by atoms with van der Waals surface area (Å²) < 4.78 is 32.6. The summed E-state index contributed by atoms with van der Waals surface area (Å²) in [6.45, 7) is 6.52. The van der Waals surface area contributed by atoms with Crippen molar-refractivity contribution in [3.8, 4) is 5.75 Å². The fourth-order valence-electron chi connectivity index (χ4n) is 1.82. The average molecular weight is 438 g/mol. The number of halogens is 1. The molecule has 8 heteroatoms. The van der Waals surface area contributed by atoms with Crippen LogP contribution in [-0.2, 0) is 9.84 Å². The molecule has 0 saturated heterocycles. The molecule has 122 valence electrons. The molecule has 2 heterocycles. The highest BCUT2D eigenvalue weighted by Gasteiger charge is 2.34. The zero-order chi connectivity index (χ0) is 16.7. The van der Waals surface area contributed by atoms with E-state index in [2.05, 4.69) is 27.7 Å². The molecule has 1 atom stereocenters. The van der Waals surface area contributed by atoms with E-state index in [0.717, 1.165) is 3.57 Å². The number of sulfone groups is 1. The fourth-order valence-corrected chi connectivity index (χ4v) is 3.65. The van der Waals surface area contributed by atoms with Crippen molar-refractivity contribution < 1.29 is 18.3 Å². The number of pyridine rings is 1. The predicted octanol–water partition coefficient (Wildman–Crippen LogP) is 2.27. The summed E-state index contributed by atoms with van der Waals surface area (Å²) in [4.78, 5) is 0.117. The summed E-state index contributed by atoms with van der Waals surface area (Å²) in [6, 6.07) is 1.58. The first-order chi connectivity index (χ1) is 10.0. The first-order valence-electron chi connectivity index (χ1n) is 6.76. The van der Waals surface area contributed by atoms with Crippen LogP contribution >= 0.6 is 22.6 Å². The van der Waals surface area contributed by atoms with Crippen LogP contribution in [0.25, 0.3) is 5.52 Å². The van der Waals surface area contributed by atoms with Crippen LogP contribution in [0, 0.1) is 3.57 Å². The van der Waals surface area contributed by atoms with Gasteiger partial charge >= 0.3 is 0 Å². The van der Waals surface area contributed by atoms with Crippen molar-refractivity contribution in [3.05, 3.63) is 22.0 Å². The van der Waals surface area contributed by atoms with Crippen LogP contribution in [0.2, 0.25) is 0 Å². The summed E-state index contributed by atoms with van der Waals surface area (Å²) in [6.07, 6.45) is 2.50. The van der Waals surface area contributed by atoms with Crippen molar-refractivity contribution in [1.29, 1.82) is 0 Å². The number of aliphatic hydroxyl groups excluding tert-OH is 1. The zero-order valence-corrected chi connectivity index (χ0v) is 15.8. The lowest BCUT2D eigenvalue weighted by Crippen LogP contribution is -2.29. The summed E-state index contributed by atoms with van der Waals surface area (Å²) in [5, 5.41) is 13.5. The fraction of sp³-hybridized carbons (Fsp3) is 0.500. The third-order valence-corrected chi connectivity index (χ3v) is 6.45. The number of aromatic nitrogens is 2. The van der Waals surface area contributed by atoms with Crippen LogP contribution < -0.4 is 4.74 Å². The molecule has 0 bridgehead atoms. The quantitative estimate of drug-likeness (QED) is 0.741. The van der Waals surface area contributed by atoms with Gasteiger partial charge in [-0.3, -0.25) is 0 Å². The Balaban J connectivity index is 2.67. The molecule has 2 aromatic heterocycles. The molecule has 2 aromatic rings. The minimum atomic E-state index is -3.59. The maximum Gasteiger partial charge on any atom is 0.187 e. The molecule has 1 unspecified atom stereocenters. The standard InChI is InChI=1S/C14H19IN2O4S/c1-9(18)8-21-12-7-17-11(10(15)6-16-17)5-13(12)22(19,20)14(2,3)4/h5-7,9,18H,8H2,1-4H3. The van der Waals surface area contributed by atoms with E-state index in [9.17, 15) is 13.5 Å². The zero-order valence-electron chi connectivity index (χ0n) is 12.9. The Bertz CT molecular complexity index is 791. The number of nitrogens with zero attached hydrogens (tertiary/aromatic N) is 2. The van der Waals surface area contributed by atoms with E-state index in [1.54, 1.807) is 50.7 Å². The number of fused-ring (bicyclic) bond motifs is 1. The normalized spacial score (nSPS) is 14.3.